The Labute approximate surface area is 165 Å². The lowest BCUT2D eigenvalue weighted by atomic mass is 9.83. The van der Waals surface area contributed by atoms with Crippen molar-refractivity contribution in [3.8, 4) is 11.5 Å². The number of nitrogens with zero attached hydrogens (tertiary/aromatic N) is 2. The van der Waals surface area contributed by atoms with Gasteiger partial charge in [0, 0.05) is 44.2 Å². The van der Waals surface area contributed by atoms with E-state index in [0.29, 0.717) is 42.5 Å². The standard InChI is InChI=1S/C19H25N3O4.ClH/c1-20-7-9-22-15-6-8-21(11-14(15)3-5-18(22)23)19(24)13-2-4-16-17(10-13)26-12-25-16;/h2,4,10,14-15,20H,3,5-9,11-12H2,1H3;1H/t14-,15+;/m0./s1. The number of fused-ring (bicyclic) bond motifs is 2. The molecular weight excluding hydrogens is 370 g/mol. The highest BCUT2D eigenvalue weighted by atomic mass is 35.5. The molecule has 2 atom stereocenters. The lowest BCUT2D eigenvalue weighted by Gasteiger charge is -2.47. The van der Waals surface area contributed by atoms with Gasteiger partial charge in [-0.1, -0.05) is 0 Å². The predicted octanol–water partition coefficient (Wildman–Crippen LogP) is 1.51. The molecule has 0 bridgehead atoms. The smallest absolute Gasteiger partial charge is 0.254 e. The van der Waals surface area contributed by atoms with E-state index in [0.717, 1.165) is 25.9 Å². The van der Waals surface area contributed by atoms with Crippen molar-refractivity contribution >= 4 is 24.2 Å². The third-order valence-electron chi connectivity index (χ3n) is 5.65. The fourth-order valence-corrected chi connectivity index (χ4v) is 4.27. The summed E-state index contributed by atoms with van der Waals surface area (Å²) in [5.41, 5.74) is 0.631. The van der Waals surface area contributed by atoms with Crippen LogP contribution in [-0.4, -0.2) is 67.7 Å². The van der Waals surface area contributed by atoms with Crippen molar-refractivity contribution in [2.45, 2.75) is 25.3 Å². The Morgan fingerprint density at radius 1 is 1.26 bits per heavy atom. The second-order valence-corrected chi connectivity index (χ2v) is 7.16. The molecule has 1 aromatic carbocycles. The summed E-state index contributed by atoms with van der Waals surface area (Å²) in [7, 11) is 1.90. The average molecular weight is 396 g/mol. The minimum Gasteiger partial charge on any atom is -0.454 e. The summed E-state index contributed by atoms with van der Waals surface area (Å²) >= 11 is 0. The Bertz CT molecular complexity index is 714. The molecule has 1 aromatic rings. The molecule has 3 aliphatic rings. The Hall–Kier alpha value is -1.99. The number of carbonyl (C=O) groups excluding carboxylic acids is 2. The van der Waals surface area contributed by atoms with Crippen LogP contribution in [0.4, 0.5) is 0 Å². The van der Waals surface area contributed by atoms with Crippen LogP contribution in [0.1, 0.15) is 29.6 Å². The van der Waals surface area contributed by atoms with E-state index in [9.17, 15) is 9.59 Å². The third-order valence-corrected chi connectivity index (χ3v) is 5.65. The number of likely N-dealkylation sites (tertiary alicyclic amines) is 2. The second-order valence-electron chi connectivity index (χ2n) is 7.16. The average Bonchev–Trinajstić information content (AvgIpc) is 3.14. The van der Waals surface area contributed by atoms with Crippen LogP contribution in [0, 0.1) is 5.92 Å². The van der Waals surface area contributed by atoms with Crippen molar-refractivity contribution in [3.05, 3.63) is 23.8 Å². The number of rotatable bonds is 4. The maximum atomic E-state index is 12.9. The first-order chi connectivity index (χ1) is 12.7. The number of likely N-dealkylation sites (N-methyl/N-ethyl adjacent to an activating group) is 1. The van der Waals surface area contributed by atoms with Crippen LogP contribution >= 0.6 is 12.4 Å². The van der Waals surface area contributed by atoms with E-state index in [1.807, 2.05) is 16.8 Å². The van der Waals surface area contributed by atoms with Gasteiger partial charge in [0.05, 0.1) is 0 Å². The quantitative estimate of drug-likeness (QED) is 0.836. The highest BCUT2D eigenvalue weighted by Gasteiger charge is 2.40. The summed E-state index contributed by atoms with van der Waals surface area (Å²) in [6.45, 7) is 3.14. The molecule has 2 fully saturated rings. The van der Waals surface area contributed by atoms with Crippen LogP contribution in [0.3, 0.4) is 0 Å². The molecule has 0 unspecified atom stereocenters. The van der Waals surface area contributed by atoms with Gasteiger partial charge in [0.25, 0.3) is 5.91 Å². The van der Waals surface area contributed by atoms with Crippen molar-refractivity contribution in [1.82, 2.24) is 15.1 Å². The van der Waals surface area contributed by atoms with E-state index >= 15 is 0 Å². The van der Waals surface area contributed by atoms with Crippen LogP contribution in [0.2, 0.25) is 0 Å². The maximum Gasteiger partial charge on any atom is 0.254 e. The zero-order valence-corrected chi connectivity index (χ0v) is 16.3. The van der Waals surface area contributed by atoms with Crippen molar-refractivity contribution in [1.29, 1.82) is 0 Å². The highest BCUT2D eigenvalue weighted by Crippen LogP contribution is 2.34. The molecule has 1 N–H and O–H groups in total. The Kier molecular flexibility index (Phi) is 6.11. The summed E-state index contributed by atoms with van der Waals surface area (Å²) in [4.78, 5) is 29.2. The van der Waals surface area contributed by atoms with Gasteiger partial charge in [-0.2, -0.15) is 0 Å². The van der Waals surface area contributed by atoms with Gasteiger partial charge in [-0.3, -0.25) is 9.59 Å². The number of halogens is 1. The van der Waals surface area contributed by atoms with Crippen molar-refractivity contribution < 1.29 is 19.1 Å². The minimum atomic E-state index is 0. The molecule has 3 heterocycles. The van der Waals surface area contributed by atoms with Crippen LogP contribution in [-0.2, 0) is 4.79 Å². The van der Waals surface area contributed by atoms with Gasteiger partial charge in [0.1, 0.15) is 0 Å². The van der Waals surface area contributed by atoms with Gasteiger partial charge >= 0.3 is 0 Å². The first-order valence-electron chi connectivity index (χ1n) is 9.30. The van der Waals surface area contributed by atoms with Crippen molar-refractivity contribution in [3.63, 3.8) is 0 Å². The molecule has 8 heteroatoms. The molecule has 2 saturated heterocycles. The normalized spacial score (nSPS) is 23.7. The molecular formula is C19H26ClN3O4. The number of piperidine rings is 2. The number of hydrogen-bond donors (Lipinski definition) is 1. The molecule has 7 nitrogen and oxygen atoms in total. The van der Waals surface area contributed by atoms with Gasteiger partial charge in [0.15, 0.2) is 11.5 Å². The number of hydrogen-bond acceptors (Lipinski definition) is 5. The fraction of sp³-hybridized carbons (Fsp3) is 0.579. The summed E-state index contributed by atoms with van der Waals surface area (Å²) < 4.78 is 10.7. The molecule has 0 saturated carbocycles. The van der Waals surface area contributed by atoms with Gasteiger partial charge in [0.2, 0.25) is 12.7 Å². The second kappa shape index (κ2) is 8.35. The monoisotopic (exact) mass is 395 g/mol. The van der Waals surface area contributed by atoms with Crippen LogP contribution in [0.25, 0.3) is 0 Å². The Balaban J connectivity index is 0.00000210. The van der Waals surface area contributed by atoms with Crippen LogP contribution in [0.15, 0.2) is 18.2 Å². The zero-order valence-electron chi connectivity index (χ0n) is 15.5. The first-order valence-corrected chi connectivity index (χ1v) is 9.30. The number of benzene rings is 1. The van der Waals surface area contributed by atoms with E-state index in [-0.39, 0.29) is 37.1 Å². The summed E-state index contributed by atoms with van der Waals surface area (Å²) in [6.07, 6.45) is 2.29. The van der Waals surface area contributed by atoms with E-state index in [4.69, 9.17) is 9.47 Å². The number of carbonyl (C=O) groups is 2. The largest absolute Gasteiger partial charge is 0.454 e. The molecule has 27 heavy (non-hydrogen) atoms. The van der Waals surface area contributed by atoms with E-state index in [2.05, 4.69) is 5.32 Å². The first kappa shape index (κ1) is 19.8. The maximum absolute atomic E-state index is 12.9. The van der Waals surface area contributed by atoms with E-state index < -0.39 is 0 Å². The molecule has 0 aliphatic carbocycles. The van der Waals surface area contributed by atoms with Gasteiger partial charge in [-0.15, -0.1) is 12.4 Å². The van der Waals surface area contributed by atoms with E-state index in [1.54, 1.807) is 18.2 Å². The summed E-state index contributed by atoms with van der Waals surface area (Å²) in [5, 5.41) is 3.12. The van der Waals surface area contributed by atoms with Crippen molar-refractivity contribution in [2.75, 3.05) is 40.0 Å². The number of amides is 2. The van der Waals surface area contributed by atoms with Gasteiger partial charge in [-0.25, -0.2) is 0 Å². The number of nitrogens with one attached hydrogen (secondary N) is 1. The lowest BCUT2D eigenvalue weighted by Crippen LogP contribution is -2.57. The highest BCUT2D eigenvalue weighted by molar-refractivity contribution is 5.95. The predicted molar refractivity (Wildman–Crippen MR) is 102 cm³/mol. The lowest BCUT2D eigenvalue weighted by molar-refractivity contribution is -0.140. The van der Waals surface area contributed by atoms with Gasteiger partial charge in [-0.05, 0) is 44.0 Å². The summed E-state index contributed by atoms with van der Waals surface area (Å²) in [5.74, 6) is 1.95. The SMILES string of the molecule is CNCCN1C(=O)CC[C@H]2CN(C(=O)c3ccc4c(c3)OCO4)CC[C@H]21.Cl. The molecule has 2 amide bonds. The molecule has 0 radical (unpaired) electrons. The minimum absolute atomic E-state index is 0. The fourth-order valence-electron chi connectivity index (χ4n) is 4.27. The molecule has 148 valence electrons. The Morgan fingerprint density at radius 2 is 2.07 bits per heavy atom. The molecule has 4 rings (SSSR count). The number of ether oxygens (including phenoxy) is 2. The third kappa shape index (κ3) is 3.84. The van der Waals surface area contributed by atoms with Crippen LogP contribution < -0.4 is 14.8 Å². The topological polar surface area (TPSA) is 71.1 Å². The molecule has 0 spiro atoms. The molecule has 3 aliphatic heterocycles. The zero-order chi connectivity index (χ0) is 18.1. The van der Waals surface area contributed by atoms with Gasteiger partial charge < -0.3 is 24.6 Å². The summed E-state index contributed by atoms with van der Waals surface area (Å²) in [6, 6.07) is 5.61. The van der Waals surface area contributed by atoms with E-state index in [1.165, 1.54) is 0 Å². The van der Waals surface area contributed by atoms with Crippen molar-refractivity contribution in [2.24, 2.45) is 5.92 Å². The Morgan fingerprint density at radius 3 is 2.89 bits per heavy atom. The van der Waals surface area contributed by atoms with Crippen LogP contribution in [0.5, 0.6) is 11.5 Å². The molecule has 0 aromatic heterocycles.